The molecule has 0 N–H and O–H groups in total. The summed E-state index contributed by atoms with van der Waals surface area (Å²) in [6.45, 7) is 2.88. The van der Waals surface area contributed by atoms with Crippen LogP contribution in [0.3, 0.4) is 0 Å². The second-order valence-electron chi connectivity index (χ2n) is 11.4. The molecule has 0 bridgehead atoms. The van der Waals surface area contributed by atoms with E-state index in [9.17, 15) is 17.6 Å². The summed E-state index contributed by atoms with van der Waals surface area (Å²) in [7, 11) is 0. The Balaban J connectivity index is 1.14. The van der Waals surface area contributed by atoms with E-state index in [1.807, 2.05) is 0 Å². The molecule has 3 nitrogen and oxygen atoms in total. The zero-order valence-corrected chi connectivity index (χ0v) is 23.0. The summed E-state index contributed by atoms with van der Waals surface area (Å²) in [5.41, 5.74) is 0. The summed E-state index contributed by atoms with van der Waals surface area (Å²) in [5, 5.41) is 0. The predicted octanol–water partition coefficient (Wildman–Crippen LogP) is 8.47. The monoisotopic (exact) mass is 550 g/mol. The smallest absolute Gasteiger partial charge is 0.402 e. The molecule has 1 aromatic rings. The van der Waals surface area contributed by atoms with Crippen LogP contribution in [0.2, 0.25) is 0 Å². The minimum atomic E-state index is -3.59. The highest BCUT2D eigenvalue weighted by molar-refractivity contribution is 5.24. The van der Waals surface area contributed by atoms with Crippen LogP contribution in [0.15, 0.2) is 30.4 Å². The maximum Gasteiger partial charge on any atom is 0.402 e. The number of halogens is 4. The molecule has 2 unspecified atom stereocenters. The van der Waals surface area contributed by atoms with Crippen molar-refractivity contribution in [2.24, 2.45) is 23.7 Å². The summed E-state index contributed by atoms with van der Waals surface area (Å²) in [5.74, 6) is 4.43. The third-order valence-corrected chi connectivity index (χ3v) is 8.29. The van der Waals surface area contributed by atoms with E-state index in [1.54, 1.807) is 0 Å². The third-order valence-electron chi connectivity index (χ3n) is 8.29. The highest BCUT2D eigenvalue weighted by Gasteiger charge is 2.44. The van der Waals surface area contributed by atoms with Crippen molar-refractivity contribution in [1.29, 1.82) is 0 Å². The van der Waals surface area contributed by atoms with Crippen molar-refractivity contribution in [3.63, 3.8) is 0 Å². The average Bonchev–Trinajstić information content (AvgIpc) is 2.91. The van der Waals surface area contributed by atoms with Crippen molar-refractivity contribution in [2.45, 2.75) is 102 Å². The second-order valence-corrected chi connectivity index (χ2v) is 11.4. The number of allylic oxidation sites excluding steroid dienone is 2. The molecule has 3 fully saturated rings. The molecule has 1 heterocycles. The summed E-state index contributed by atoms with van der Waals surface area (Å²) in [4.78, 5) is 0. The average molecular weight is 551 g/mol. The number of ether oxygens (including phenoxy) is 3. The Morgan fingerprint density at radius 1 is 0.872 bits per heavy atom. The van der Waals surface area contributed by atoms with Gasteiger partial charge in [0.15, 0.2) is 0 Å². The largest absolute Gasteiger partial charge is 0.432 e. The van der Waals surface area contributed by atoms with E-state index < -0.39 is 29.4 Å². The number of hydrogen-bond acceptors (Lipinski definition) is 3. The topological polar surface area (TPSA) is 27.7 Å². The van der Waals surface area contributed by atoms with Crippen LogP contribution < -0.4 is 4.74 Å². The SMILES string of the molecule is CCCCOC1CCC(/C=C/C2CCC(C#CC3CCC(C(F)(F)Oc4cc(F)cc(F)c4)CO3)CC2)CC1. The predicted molar refractivity (Wildman–Crippen MR) is 143 cm³/mol. The molecule has 4 rings (SSSR count). The van der Waals surface area contributed by atoms with E-state index in [0.29, 0.717) is 36.3 Å². The number of hydrogen-bond donors (Lipinski definition) is 0. The lowest BCUT2D eigenvalue weighted by Crippen LogP contribution is -2.41. The molecular weight excluding hydrogens is 508 g/mol. The normalized spacial score (nSPS) is 30.1. The molecule has 0 amide bonds. The second kappa shape index (κ2) is 14.6. The number of alkyl halides is 2. The Labute approximate surface area is 230 Å². The highest BCUT2D eigenvalue weighted by atomic mass is 19.3. The molecule has 1 saturated heterocycles. The van der Waals surface area contributed by atoms with Gasteiger partial charge in [0.2, 0.25) is 0 Å². The zero-order chi connectivity index (χ0) is 27.7. The van der Waals surface area contributed by atoms with Gasteiger partial charge in [-0.3, -0.25) is 0 Å². The van der Waals surface area contributed by atoms with Gasteiger partial charge < -0.3 is 14.2 Å². The van der Waals surface area contributed by atoms with Crippen molar-refractivity contribution in [3.05, 3.63) is 42.0 Å². The van der Waals surface area contributed by atoms with Crippen LogP contribution in [-0.4, -0.2) is 31.5 Å². The van der Waals surface area contributed by atoms with Crippen LogP contribution in [0, 0.1) is 47.1 Å². The maximum absolute atomic E-state index is 14.6. The van der Waals surface area contributed by atoms with E-state index in [2.05, 4.69) is 35.7 Å². The molecule has 39 heavy (non-hydrogen) atoms. The number of unbranched alkanes of at least 4 members (excludes halogenated alkanes) is 1. The van der Waals surface area contributed by atoms with E-state index >= 15 is 0 Å². The lowest BCUT2D eigenvalue weighted by atomic mass is 9.80. The molecule has 1 aliphatic heterocycles. The van der Waals surface area contributed by atoms with E-state index in [0.717, 1.165) is 50.8 Å². The van der Waals surface area contributed by atoms with Crippen LogP contribution in [0.1, 0.15) is 84.0 Å². The molecule has 7 heteroatoms. The van der Waals surface area contributed by atoms with Gasteiger partial charge in [0.1, 0.15) is 23.5 Å². The number of rotatable bonds is 9. The summed E-state index contributed by atoms with van der Waals surface area (Å²) in [6.07, 6.45) is 13.4. The first-order valence-electron chi connectivity index (χ1n) is 14.8. The Kier molecular flexibility index (Phi) is 11.2. The Morgan fingerprint density at radius 2 is 1.51 bits per heavy atom. The molecule has 2 saturated carbocycles. The van der Waals surface area contributed by atoms with Crippen molar-refractivity contribution >= 4 is 0 Å². The van der Waals surface area contributed by atoms with Crippen LogP contribution in [0.5, 0.6) is 5.75 Å². The van der Waals surface area contributed by atoms with Gasteiger partial charge in [-0.1, -0.05) is 37.3 Å². The quantitative estimate of drug-likeness (QED) is 0.134. The van der Waals surface area contributed by atoms with E-state index in [-0.39, 0.29) is 19.1 Å². The fourth-order valence-corrected chi connectivity index (χ4v) is 5.78. The van der Waals surface area contributed by atoms with Crippen molar-refractivity contribution < 1.29 is 31.8 Å². The van der Waals surface area contributed by atoms with Gasteiger partial charge in [-0.25, -0.2) is 8.78 Å². The fourth-order valence-electron chi connectivity index (χ4n) is 5.78. The van der Waals surface area contributed by atoms with E-state index in [1.165, 1.54) is 32.1 Å². The number of benzene rings is 1. The molecule has 3 aliphatic rings. The van der Waals surface area contributed by atoms with Gasteiger partial charge >= 0.3 is 6.11 Å². The van der Waals surface area contributed by atoms with Gasteiger partial charge in [-0.2, -0.15) is 8.78 Å². The first-order valence-corrected chi connectivity index (χ1v) is 14.8. The lowest BCUT2D eigenvalue weighted by Gasteiger charge is -2.32. The Morgan fingerprint density at radius 3 is 2.10 bits per heavy atom. The molecule has 2 atom stereocenters. The summed E-state index contributed by atoms with van der Waals surface area (Å²) >= 11 is 0. The highest BCUT2D eigenvalue weighted by Crippen LogP contribution is 2.36. The van der Waals surface area contributed by atoms with Crippen LogP contribution >= 0.6 is 0 Å². The van der Waals surface area contributed by atoms with Gasteiger partial charge in [-0.15, -0.1) is 0 Å². The van der Waals surface area contributed by atoms with Gasteiger partial charge in [0, 0.05) is 30.7 Å². The zero-order valence-electron chi connectivity index (χ0n) is 23.0. The van der Waals surface area contributed by atoms with Crippen LogP contribution in [0.4, 0.5) is 17.6 Å². The van der Waals surface area contributed by atoms with Gasteiger partial charge in [-0.05, 0) is 82.5 Å². The first kappa shape index (κ1) is 29.9. The van der Waals surface area contributed by atoms with Gasteiger partial charge in [0.05, 0.1) is 18.6 Å². The van der Waals surface area contributed by atoms with Crippen molar-refractivity contribution in [1.82, 2.24) is 0 Å². The molecule has 2 aliphatic carbocycles. The molecule has 216 valence electrons. The molecule has 1 aromatic carbocycles. The minimum absolute atomic E-state index is 0.161. The standard InChI is InChI=1S/C32H42F4O3/c1-2-3-18-37-29-14-10-25(11-15-29)9-6-23-4-7-24(8-5-23)12-16-30-17-13-26(22-38-30)32(35,36)39-31-20-27(33)19-28(34)21-31/h6,9,19-21,23-26,29-30H,2-5,7-8,10-11,13-15,17-18,22H2,1H3/b9-6+. The Bertz CT molecular complexity index is 957. The molecular formula is C32H42F4O3. The molecule has 0 spiro atoms. The van der Waals surface area contributed by atoms with E-state index in [4.69, 9.17) is 9.47 Å². The minimum Gasteiger partial charge on any atom is -0.432 e. The Hall–Kier alpha value is -2.04. The van der Waals surface area contributed by atoms with Crippen molar-refractivity contribution in [3.8, 4) is 17.6 Å². The van der Waals surface area contributed by atoms with Crippen LogP contribution in [0.25, 0.3) is 0 Å². The summed E-state index contributed by atoms with van der Waals surface area (Å²) < 4.78 is 72.0. The maximum atomic E-state index is 14.6. The third kappa shape index (κ3) is 9.53. The van der Waals surface area contributed by atoms with Crippen LogP contribution in [-0.2, 0) is 9.47 Å². The summed E-state index contributed by atoms with van der Waals surface area (Å²) in [6, 6.07) is 2.10. The molecule has 0 radical (unpaired) electrons. The fraction of sp³-hybridized carbons (Fsp3) is 0.688. The van der Waals surface area contributed by atoms with Gasteiger partial charge in [0.25, 0.3) is 0 Å². The van der Waals surface area contributed by atoms with Crippen molar-refractivity contribution in [2.75, 3.05) is 13.2 Å². The first-order chi connectivity index (χ1) is 18.8. The molecule has 0 aromatic heterocycles. The lowest BCUT2D eigenvalue weighted by molar-refractivity contribution is -0.238.